The minimum absolute atomic E-state index is 0. The fourth-order valence-corrected chi connectivity index (χ4v) is 18.0. The average molecular weight is 1840 g/mol. The summed E-state index contributed by atoms with van der Waals surface area (Å²) in [5.74, 6) is 0. The van der Waals surface area contributed by atoms with E-state index in [1.807, 2.05) is 20.9 Å². The molecule has 6 aliphatic rings. The summed E-state index contributed by atoms with van der Waals surface area (Å²) in [6.45, 7) is 36.8. The van der Waals surface area contributed by atoms with Gasteiger partial charge in [-0.1, -0.05) is 126 Å². The van der Waals surface area contributed by atoms with Gasteiger partial charge in [0.1, 0.15) is 40.5 Å². The van der Waals surface area contributed by atoms with Gasteiger partial charge in [-0.2, -0.15) is 4.58 Å². The van der Waals surface area contributed by atoms with Gasteiger partial charge in [0.25, 0.3) is 0 Å². The van der Waals surface area contributed by atoms with Gasteiger partial charge in [-0.3, -0.25) is 0 Å². The largest absolute Gasteiger partial charge is 1.00 e. The summed E-state index contributed by atoms with van der Waals surface area (Å²) in [6.07, 6.45) is 24.8. The monoisotopic (exact) mass is 1840 g/mol. The molecule has 2 aliphatic carbocycles. The van der Waals surface area contributed by atoms with Gasteiger partial charge >= 0.3 is 59.1 Å². The van der Waals surface area contributed by atoms with Crippen LogP contribution in [0.5, 0.6) is 0 Å². The fraction of sp³-hybridized carbons (Fsp3) is 0.567. The minimum atomic E-state index is -4.66. The van der Waals surface area contributed by atoms with E-state index in [0.717, 1.165) is 113 Å². The Balaban J connectivity index is 0.000000367. The minimum Gasteiger partial charge on any atom is -0.744 e. The zero-order valence-corrected chi connectivity index (χ0v) is 85.4. The molecule has 1 fully saturated rings. The molecule has 0 unspecified atom stereocenters. The molecule has 4 aromatic rings. The van der Waals surface area contributed by atoms with Crippen molar-refractivity contribution in [2.75, 3.05) is 228 Å². The number of aliphatic hydroxyl groups is 2. The number of anilines is 3. The Morgan fingerprint density at radius 3 is 1.19 bits per heavy atom. The van der Waals surface area contributed by atoms with Crippen LogP contribution < -0.4 is 73.8 Å². The van der Waals surface area contributed by atoms with E-state index in [1.165, 1.54) is 74.9 Å². The summed E-state index contributed by atoms with van der Waals surface area (Å²) in [5.41, 5.74) is 18.7. The smallest absolute Gasteiger partial charge is 0.744 e. The number of methoxy groups -OCH3 is 4. The van der Waals surface area contributed by atoms with Gasteiger partial charge < -0.3 is 90.9 Å². The number of ether oxygens (including phenoxy) is 12. The summed E-state index contributed by atoms with van der Waals surface area (Å²) in [5, 5.41) is 19.0. The second kappa shape index (κ2) is 54.4. The second-order valence-electron chi connectivity index (χ2n) is 33.9. The molecule has 0 atom stereocenters. The Labute approximate surface area is 807 Å². The molecule has 10 rings (SSSR count). The van der Waals surface area contributed by atoms with E-state index in [4.69, 9.17) is 73.5 Å². The number of unbranched alkanes of at least 4 members (excludes halogenated alkanes) is 1. The quantitative estimate of drug-likeness (QED) is 0.0182. The fourth-order valence-electron chi connectivity index (χ4n) is 16.7. The standard InChI is InChI=1S/C48H69N3O10S.C45H61ClN2O9S.C4H10O.2Na/c1-36-12-16-42-40(34-36)47(2,3)44(50(42)21-24-58-30-32-60-28-26-56-7)18-13-37-10-9-11-38(46(37)49(6)20-23-52)14-19-45-48(4,5)41-35-39(62(53,54)55)15-17-43(41)51(45)22-25-59-31-33-61-29-27-57-8;1-33-11-15-39-37(31-33)44(2,3)41(47(39)19-21-54-27-29-56-25-23-52-6)17-12-34-9-8-10-35(43(34)46)13-18-42-45(4,5)38-32-36(58(49,50)51)14-16-40(38)48(42)20-22-55-28-30-57-26-24-53-7;1-2-3-4-5;;/h12-19,34-35,52H,9-11,20-33H2,1-8H3;11-18,31-32H,8-10,19-30H2,1-7H3;5H,2-4H2,1H3;;/q;;;2*+1. The van der Waals surface area contributed by atoms with Crippen molar-refractivity contribution in [2.24, 2.45) is 0 Å². The Morgan fingerprint density at radius 1 is 0.449 bits per heavy atom. The molecular formula is C97H140ClN5Na2O20S2+2. The maximum absolute atomic E-state index is 12.1. The zero-order valence-electron chi connectivity index (χ0n) is 79.0. The molecule has 0 spiro atoms. The molecule has 30 heteroatoms. The Hall–Kier alpha value is -4.91. The molecule has 4 heterocycles. The predicted molar refractivity (Wildman–Crippen MR) is 493 cm³/mol. The van der Waals surface area contributed by atoms with Crippen molar-refractivity contribution in [1.29, 1.82) is 0 Å². The van der Waals surface area contributed by atoms with Crippen molar-refractivity contribution in [1.82, 2.24) is 0 Å². The van der Waals surface area contributed by atoms with Crippen molar-refractivity contribution in [3.63, 3.8) is 0 Å². The number of nitrogens with zero attached hydrogens (tertiary/aromatic N) is 5. The maximum atomic E-state index is 12.1. The molecule has 0 bridgehead atoms. The molecule has 127 heavy (non-hydrogen) atoms. The summed E-state index contributed by atoms with van der Waals surface area (Å²) >= 11 is 7.25. The van der Waals surface area contributed by atoms with Crippen LogP contribution in [0.2, 0.25) is 0 Å². The van der Waals surface area contributed by atoms with E-state index in [0.29, 0.717) is 171 Å². The first kappa shape index (κ1) is 111. The van der Waals surface area contributed by atoms with E-state index in [9.17, 15) is 31.0 Å². The first-order valence-corrected chi connectivity index (χ1v) is 47.1. The van der Waals surface area contributed by atoms with E-state index in [2.05, 4.69) is 171 Å². The Morgan fingerprint density at radius 2 is 0.803 bits per heavy atom. The van der Waals surface area contributed by atoms with E-state index >= 15 is 0 Å². The van der Waals surface area contributed by atoms with Crippen molar-refractivity contribution in [3.05, 3.63) is 199 Å². The van der Waals surface area contributed by atoms with Crippen molar-refractivity contribution in [2.45, 2.75) is 159 Å². The van der Waals surface area contributed by atoms with E-state index in [-0.39, 0.29) is 86.3 Å². The SMILES string of the molecule is CCCCO.COCCOCCOCCN1C(=CC=C2CCC/C(=C\C=C3\N(CCOCCOCCOC)c4ccc(S(=O)(=O)[O-])cc4C3(C)C)C2=[N+](C)CCO)C(C)(C)c2cc(C)ccc21.COCCOCCOCCN1C(=CC=C2CCCC(C=CC3=[N+](CCOCCOCCOC)c4ccc(S(=O)(=O)[O-])cc4C3(C)C)=C2Cl)C(C)(C)c2cc(C)ccc21.[Na+].[Na+]. The number of hydrogen-bond donors (Lipinski definition) is 2. The molecule has 0 radical (unpaired) electrons. The second-order valence-corrected chi connectivity index (χ2v) is 37.0. The molecule has 0 aromatic heterocycles. The van der Waals surface area contributed by atoms with Crippen LogP contribution in [-0.2, 0) is 98.7 Å². The van der Waals surface area contributed by atoms with Gasteiger partial charge in [-0.25, -0.2) is 21.4 Å². The normalized spacial score (nSPS) is 19.0. The molecule has 25 nitrogen and oxygen atoms in total. The molecule has 1 saturated carbocycles. The molecule has 4 aromatic carbocycles. The van der Waals surface area contributed by atoms with Crippen LogP contribution in [0.1, 0.15) is 147 Å². The van der Waals surface area contributed by atoms with Crippen LogP contribution in [0.25, 0.3) is 0 Å². The number of hydrogen-bond acceptors (Lipinski definition) is 23. The summed E-state index contributed by atoms with van der Waals surface area (Å²) in [6, 6.07) is 22.6. The number of rotatable bonds is 47. The maximum Gasteiger partial charge on any atom is 1.00 e. The first-order valence-electron chi connectivity index (χ1n) is 43.9. The number of fused-ring (bicyclic) bond motifs is 4. The Bertz CT molecular complexity index is 4780. The molecular weight excluding hydrogens is 1700 g/mol. The number of allylic oxidation sites excluding steroid dienone is 16. The van der Waals surface area contributed by atoms with Crippen LogP contribution in [-0.4, -0.2) is 270 Å². The summed E-state index contributed by atoms with van der Waals surface area (Å²) in [4.78, 5) is 6.42. The topological polar surface area (TPSA) is 281 Å². The molecule has 2 N–H and O–H groups in total. The van der Waals surface area contributed by atoms with Crippen molar-refractivity contribution < 1.29 is 161 Å². The van der Waals surface area contributed by atoms with E-state index < -0.39 is 31.1 Å². The van der Waals surface area contributed by atoms with Gasteiger partial charge in [0.15, 0.2) is 18.8 Å². The Kier molecular flexibility index (Phi) is 47.5. The third-order valence-corrected chi connectivity index (χ3v) is 25.7. The predicted octanol–water partition coefficient (Wildman–Crippen LogP) is 8.30. The first-order chi connectivity index (χ1) is 59.8. The number of likely N-dealkylation sites (N-methyl/N-ethyl adjacent to an activating group) is 1. The number of aliphatic hydroxyl groups excluding tert-OH is 2. The van der Waals surface area contributed by atoms with Crippen LogP contribution in [0.3, 0.4) is 0 Å². The molecule has 4 aliphatic heterocycles. The van der Waals surface area contributed by atoms with Gasteiger partial charge in [0, 0.05) is 139 Å². The number of halogens is 1. The van der Waals surface area contributed by atoms with Gasteiger partial charge in [0.05, 0.1) is 141 Å². The summed E-state index contributed by atoms with van der Waals surface area (Å²) < 4.78 is 143. The van der Waals surface area contributed by atoms with Gasteiger partial charge in [-0.05, 0) is 161 Å². The third-order valence-electron chi connectivity index (χ3n) is 23.5. The van der Waals surface area contributed by atoms with Crippen molar-refractivity contribution in [3.8, 4) is 0 Å². The van der Waals surface area contributed by atoms with Crippen molar-refractivity contribution >= 4 is 66.0 Å². The number of benzene rings is 4. The summed E-state index contributed by atoms with van der Waals surface area (Å²) in [7, 11) is -0.674. The van der Waals surface area contributed by atoms with Crippen LogP contribution in [0.15, 0.2) is 176 Å². The number of aryl methyl sites for hydroxylation is 2. The molecule has 0 amide bonds. The zero-order chi connectivity index (χ0) is 91.0. The van der Waals surface area contributed by atoms with Crippen LogP contribution in [0.4, 0.5) is 22.7 Å². The van der Waals surface area contributed by atoms with Gasteiger partial charge in [-0.15, -0.1) is 0 Å². The van der Waals surface area contributed by atoms with E-state index in [1.54, 1.807) is 40.6 Å². The van der Waals surface area contributed by atoms with Crippen LogP contribution in [0, 0.1) is 13.8 Å². The molecule has 0 saturated heterocycles. The third kappa shape index (κ3) is 30.8. The average Bonchev–Trinajstić information content (AvgIpc) is 1.61. The van der Waals surface area contributed by atoms with Gasteiger partial charge in [0.2, 0.25) is 11.4 Å². The molecule has 692 valence electrons. The van der Waals surface area contributed by atoms with Crippen LogP contribution >= 0.6 is 11.6 Å².